The van der Waals surface area contributed by atoms with Crippen molar-refractivity contribution < 1.29 is 19.1 Å². The molecule has 0 aromatic rings. The van der Waals surface area contributed by atoms with Gasteiger partial charge in [-0.25, -0.2) is 4.79 Å². The fourth-order valence-corrected chi connectivity index (χ4v) is 3.96. The molecule has 7 heteroatoms. The molecule has 1 aliphatic rings. The van der Waals surface area contributed by atoms with Gasteiger partial charge in [0.25, 0.3) is 0 Å². The van der Waals surface area contributed by atoms with Crippen molar-refractivity contribution >= 4 is 17.8 Å². The largest absolute Gasteiger partial charge is 0.463 e. The average Bonchev–Trinajstić information content (AvgIpc) is 2.68. The predicted octanol–water partition coefficient (Wildman–Crippen LogP) is 2.99. The normalized spacial score (nSPS) is 20.2. The molecule has 0 unspecified atom stereocenters. The van der Waals surface area contributed by atoms with Gasteiger partial charge in [0.15, 0.2) is 0 Å². The van der Waals surface area contributed by atoms with Gasteiger partial charge in [0, 0.05) is 12.6 Å². The third-order valence-electron chi connectivity index (χ3n) is 5.97. The monoisotopic (exact) mass is 437 g/mol. The second-order valence-electron chi connectivity index (χ2n) is 10.1. The maximum atomic E-state index is 13.6. The standard InChI is InChI=1S/C24H43N3O4/c1-10-31-23(30)17(4)15-19(16(2)3)27(9)22(29)20(24(5,6)7)25-21(28)18-13-11-12-14-26(18)8/h15-16,18-20H,10-14H2,1-9H3,(H,25,28)/t18-,19+,20+/m0/s1. The van der Waals surface area contributed by atoms with Gasteiger partial charge in [0.1, 0.15) is 6.04 Å². The number of carbonyl (C=O) groups excluding carboxylic acids is 3. The van der Waals surface area contributed by atoms with Crippen LogP contribution in [0.25, 0.3) is 0 Å². The maximum absolute atomic E-state index is 13.6. The second-order valence-corrected chi connectivity index (χ2v) is 10.1. The van der Waals surface area contributed by atoms with Crippen LogP contribution in [0.4, 0.5) is 0 Å². The summed E-state index contributed by atoms with van der Waals surface area (Å²) in [5.41, 5.74) is 0.00994. The SMILES string of the molecule is CCOC(=O)C(C)=C[C@H](C(C)C)N(C)C(=O)[C@@H](NC(=O)[C@@H]1CCCCN1C)C(C)(C)C. The molecule has 0 aromatic carbocycles. The van der Waals surface area contributed by atoms with Gasteiger partial charge in [-0.15, -0.1) is 0 Å². The highest BCUT2D eigenvalue weighted by Crippen LogP contribution is 2.25. The van der Waals surface area contributed by atoms with Crippen molar-refractivity contribution in [3.05, 3.63) is 11.6 Å². The molecule has 0 spiro atoms. The van der Waals surface area contributed by atoms with E-state index in [9.17, 15) is 14.4 Å². The minimum Gasteiger partial charge on any atom is -0.463 e. The van der Waals surface area contributed by atoms with Crippen LogP contribution in [0, 0.1) is 11.3 Å². The highest BCUT2D eigenvalue weighted by molar-refractivity contribution is 5.91. The lowest BCUT2D eigenvalue weighted by atomic mass is 9.84. The van der Waals surface area contributed by atoms with E-state index in [2.05, 4.69) is 10.2 Å². The lowest BCUT2D eigenvalue weighted by Gasteiger charge is -2.39. The van der Waals surface area contributed by atoms with Gasteiger partial charge >= 0.3 is 5.97 Å². The van der Waals surface area contributed by atoms with Gasteiger partial charge < -0.3 is 15.0 Å². The zero-order valence-corrected chi connectivity index (χ0v) is 20.9. The van der Waals surface area contributed by atoms with Crippen LogP contribution in [0.3, 0.4) is 0 Å². The van der Waals surface area contributed by atoms with Crippen LogP contribution >= 0.6 is 0 Å². The van der Waals surface area contributed by atoms with Gasteiger partial charge in [-0.1, -0.05) is 47.1 Å². The molecular formula is C24H43N3O4. The van der Waals surface area contributed by atoms with Crippen molar-refractivity contribution in [1.82, 2.24) is 15.1 Å². The number of ether oxygens (including phenoxy) is 1. The summed E-state index contributed by atoms with van der Waals surface area (Å²) >= 11 is 0. The Bertz CT molecular complexity index is 666. The summed E-state index contributed by atoms with van der Waals surface area (Å²) in [5.74, 6) is -0.553. The van der Waals surface area contributed by atoms with Crippen molar-refractivity contribution in [1.29, 1.82) is 0 Å². The Hall–Kier alpha value is -1.89. The van der Waals surface area contributed by atoms with Gasteiger partial charge in [-0.3, -0.25) is 14.5 Å². The highest BCUT2D eigenvalue weighted by Gasteiger charge is 2.39. The predicted molar refractivity (Wildman–Crippen MR) is 123 cm³/mol. The Labute approximate surface area is 188 Å². The van der Waals surface area contributed by atoms with E-state index in [4.69, 9.17) is 4.74 Å². The highest BCUT2D eigenvalue weighted by atomic mass is 16.5. The third kappa shape index (κ3) is 7.63. The van der Waals surface area contributed by atoms with E-state index in [1.807, 2.05) is 41.7 Å². The molecule has 0 bridgehead atoms. The molecular weight excluding hydrogens is 394 g/mol. The van der Waals surface area contributed by atoms with Crippen LogP contribution in [0.15, 0.2) is 11.6 Å². The van der Waals surface area contributed by atoms with E-state index in [-0.39, 0.29) is 35.8 Å². The second kappa shape index (κ2) is 11.7. The Morgan fingerprint density at radius 2 is 1.84 bits per heavy atom. The Kier molecular flexibility index (Phi) is 10.2. The van der Waals surface area contributed by atoms with Crippen molar-refractivity contribution in [2.45, 2.75) is 85.9 Å². The number of nitrogens with one attached hydrogen (secondary N) is 1. The van der Waals surface area contributed by atoms with Crippen LogP contribution in [0.5, 0.6) is 0 Å². The van der Waals surface area contributed by atoms with E-state index >= 15 is 0 Å². The van der Waals surface area contributed by atoms with E-state index in [0.29, 0.717) is 12.2 Å². The van der Waals surface area contributed by atoms with Gasteiger partial charge in [-0.2, -0.15) is 0 Å². The molecule has 1 rings (SSSR count). The summed E-state index contributed by atoms with van der Waals surface area (Å²) in [5, 5.41) is 3.04. The minimum atomic E-state index is -0.669. The Morgan fingerprint density at radius 3 is 2.32 bits per heavy atom. The summed E-state index contributed by atoms with van der Waals surface area (Å²) in [6.07, 6.45) is 4.70. The van der Waals surface area contributed by atoms with Gasteiger partial charge in [-0.05, 0) is 51.6 Å². The molecule has 0 aliphatic carbocycles. The molecule has 2 amide bonds. The molecule has 178 valence electrons. The van der Waals surface area contributed by atoms with Crippen LogP contribution in [0.2, 0.25) is 0 Å². The Balaban J connectivity index is 3.10. The van der Waals surface area contributed by atoms with Crippen LogP contribution in [0.1, 0.15) is 67.7 Å². The molecule has 1 heterocycles. The van der Waals surface area contributed by atoms with Crippen molar-refractivity contribution in [3.8, 4) is 0 Å². The molecule has 0 aromatic heterocycles. The molecule has 1 N–H and O–H groups in total. The smallest absolute Gasteiger partial charge is 0.333 e. The number of likely N-dealkylation sites (N-methyl/N-ethyl adjacent to an activating group) is 2. The molecule has 0 saturated carbocycles. The van der Waals surface area contributed by atoms with Crippen LogP contribution in [-0.4, -0.2) is 73.0 Å². The quantitative estimate of drug-likeness (QED) is 0.466. The molecule has 1 fully saturated rings. The first kappa shape index (κ1) is 27.1. The molecule has 31 heavy (non-hydrogen) atoms. The zero-order chi connectivity index (χ0) is 23.9. The number of amides is 2. The average molecular weight is 438 g/mol. The van der Waals surface area contributed by atoms with Crippen molar-refractivity contribution in [2.75, 3.05) is 27.2 Å². The van der Waals surface area contributed by atoms with Gasteiger partial charge in [0.2, 0.25) is 11.8 Å². The number of hydrogen-bond donors (Lipinski definition) is 1. The van der Waals surface area contributed by atoms with Crippen molar-refractivity contribution in [2.24, 2.45) is 11.3 Å². The van der Waals surface area contributed by atoms with E-state index < -0.39 is 11.5 Å². The van der Waals surface area contributed by atoms with Crippen LogP contribution < -0.4 is 5.32 Å². The zero-order valence-electron chi connectivity index (χ0n) is 20.9. The molecule has 1 saturated heterocycles. The first-order valence-electron chi connectivity index (χ1n) is 11.4. The molecule has 7 nitrogen and oxygen atoms in total. The number of likely N-dealkylation sites (tertiary alicyclic amines) is 1. The molecule has 3 atom stereocenters. The van der Waals surface area contributed by atoms with E-state index in [1.54, 1.807) is 31.9 Å². The Morgan fingerprint density at radius 1 is 1.23 bits per heavy atom. The summed E-state index contributed by atoms with van der Waals surface area (Å²) < 4.78 is 5.08. The number of carbonyl (C=O) groups is 3. The number of hydrogen-bond acceptors (Lipinski definition) is 5. The first-order valence-corrected chi connectivity index (χ1v) is 11.4. The number of esters is 1. The molecule has 1 aliphatic heterocycles. The number of rotatable bonds is 8. The molecule has 0 radical (unpaired) electrons. The third-order valence-corrected chi connectivity index (χ3v) is 5.97. The minimum absolute atomic E-state index is 0.0825. The fraction of sp³-hybridized carbons (Fsp3) is 0.792. The fourth-order valence-electron chi connectivity index (χ4n) is 3.96. The summed E-state index contributed by atoms with van der Waals surface area (Å²) in [6, 6.07) is -1.17. The van der Waals surface area contributed by atoms with Gasteiger partial charge in [0.05, 0.1) is 18.7 Å². The number of nitrogens with zero attached hydrogens (tertiary/aromatic N) is 2. The number of piperidine rings is 1. The van der Waals surface area contributed by atoms with E-state index in [0.717, 1.165) is 25.8 Å². The lowest BCUT2D eigenvalue weighted by Crippen LogP contribution is -2.59. The first-order chi connectivity index (χ1) is 14.3. The maximum Gasteiger partial charge on any atom is 0.333 e. The summed E-state index contributed by atoms with van der Waals surface area (Å²) in [4.78, 5) is 42.4. The topological polar surface area (TPSA) is 79.0 Å². The summed E-state index contributed by atoms with van der Waals surface area (Å²) in [7, 11) is 3.70. The summed E-state index contributed by atoms with van der Waals surface area (Å²) in [6.45, 7) is 14.5. The van der Waals surface area contributed by atoms with Crippen LogP contribution in [-0.2, 0) is 19.1 Å². The lowest BCUT2D eigenvalue weighted by molar-refractivity contribution is -0.141. The van der Waals surface area contributed by atoms with E-state index in [1.165, 1.54) is 0 Å². The van der Waals surface area contributed by atoms with Crippen molar-refractivity contribution in [3.63, 3.8) is 0 Å².